The molecule has 154 valence electrons. The minimum Gasteiger partial charge on any atom is -0.454 e. The topological polar surface area (TPSA) is 89.6 Å². The van der Waals surface area contributed by atoms with Gasteiger partial charge in [-0.05, 0) is 30.2 Å². The van der Waals surface area contributed by atoms with Gasteiger partial charge in [-0.15, -0.1) is 0 Å². The molecule has 2 aliphatic heterocycles. The van der Waals surface area contributed by atoms with Gasteiger partial charge in [-0.25, -0.2) is 0 Å². The van der Waals surface area contributed by atoms with Crippen LogP contribution < -0.4 is 5.32 Å². The first-order valence-corrected chi connectivity index (χ1v) is 9.98. The van der Waals surface area contributed by atoms with E-state index in [2.05, 4.69) is 10.4 Å². The number of hydrogen-bond donors (Lipinski definition) is 1. The Labute approximate surface area is 173 Å². The molecule has 1 aromatic carbocycles. The summed E-state index contributed by atoms with van der Waals surface area (Å²) in [6.45, 7) is 1.33. The Balaban J connectivity index is 1.34. The van der Waals surface area contributed by atoms with E-state index in [0.29, 0.717) is 37.6 Å². The highest BCUT2D eigenvalue weighted by atomic mass is 16.5. The normalized spacial score (nSPS) is 23.7. The zero-order valence-electron chi connectivity index (χ0n) is 16.4. The number of piperidine rings is 1. The van der Waals surface area contributed by atoms with Gasteiger partial charge in [-0.2, -0.15) is 5.10 Å². The number of likely N-dealkylation sites (tertiary alicyclic amines) is 1. The van der Waals surface area contributed by atoms with Crippen LogP contribution >= 0.6 is 0 Å². The average Bonchev–Trinajstić information content (AvgIpc) is 3.46. The molecule has 8 heteroatoms. The first-order valence-electron chi connectivity index (χ1n) is 9.98. The predicted octanol–water partition coefficient (Wildman–Crippen LogP) is 1.78. The Morgan fingerprint density at radius 3 is 2.87 bits per heavy atom. The summed E-state index contributed by atoms with van der Waals surface area (Å²) in [5, 5.41) is 7.29. The van der Waals surface area contributed by atoms with Gasteiger partial charge in [0.15, 0.2) is 5.76 Å². The van der Waals surface area contributed by atoms with E-state index in [1.165, 1.54) is 0 Å². The molecule has 1 N–H and O–H groups in total. The number of benzene rings is 1. The Morgan fingerprint density at radius 1 is 1.20 bits per heavy atom. The maximum Gasteiger partial charge on any atom is 0.289 e. The molecule has 3 aromatic rings. The van der Waals surface area contributed by atoms with Gasteiger partial charge in [-0.1, -0.05) is 30.3 Å². The maximum absolute atomic E-state index is 13.1. The summed E-state index contributed by atoms with van der Waals surface area (Å²) < 4.78 is 13.4. The SMILES string of the molecule is O=C1CO[C@@H]2CN(C(=O)c3ccc(Cn4cccn4)o3)CC[C@@]2(c2ccccc2)N1. The third kappa shape index (κ3) is 3.29. The second kappa shape index (κ2) is 7.46. The van der Waals surface area contributed by atoms with Gasteiger partial charge in [0.25, 0.3) is 5.91 Å². The molecule has 0 aliphatic carbocycles. The number of furan rings is 1. The molecule has 2 amide bonds. The Kier molecular flexibility index (Phi) is 4.63. The smallest absolute Gasteiger partial charge is 0.289 e. The summed E-state index contributed by atoms with van der Waals surface area (Å²) in [5.74, 6) is 0.649. The van der Waals surface area contributed by atoms with E-state index in [0.717, 1.165) is 5.56 Å². The number of carbonyl (C=O) groups is 2. The van der Waals surface area contributed by atoms with Crippen molar-refractivity contribution < 1.29 is 18.7 Å². The second-order valence-electron chi connectivity index (χ2n) is 7.66. The van der Waals surface area contributed by atoms with Crippen molar-refractivity contribution in [3.63, 3.8) is 0 Å². The number of nitrogens with one attached hydrogen (secondary N) is 1. The van der Waals surface area contributed by atoms with Crippen molar-refractivity contribution in [2.24, 2.45) is 0 Å². The highest BCUT2D eigenvalue weighted by Gasteiger charge is 2.50. The molecule has 2 fully saturated rings. The van der Waals surface area contributed by atoms with Crippen molar-refractivity contribution in [1.29, 1.82) is 0 Å². The number of rotatable bonds is 4. The van der Waals surface area contributed by atoms with Crippen LogP contribution in [0.4, 0.5) is 0 Å². The van der Waals surface area contributed by atoms with Crippen LogP contribution in [-0.2, 0) is 21.6 Å². The number of amides is 2. The van der Waals surface area contributed by atoms with Crippen molar-refractivity contribution in [2.75, 3.05) is 19.7 Å². The van der Waals surface area contributed by atoms with Gasteiger partial charge in [-0.3, -0.25) is 14.3 Å². The summed E-state index contributed by atoms with van der Waals surface area (Å²) in [4.78, 5) is 26.9. The van der Waals surface area contributed by atoms with Crippen molar-refractivity contribution in [3.05, 3.63) is 78.0 Å². The predicted molar refractivity (Wildman–Crippen MR) is 107 cm³/mol. The molecule has 0 saturated carbocycles. The van der Waals surface area contributed by atoms with Crippen LogP contribution in [0.25, 0.3) is 0 Å². The molecule has 0 unspecified atom stereocenters. The van der Waals surface area contributed by atoms with Crippen LogP contribution in [0, 0.1) is 0 Å². The number of aromatic nitrogens is 2. The summed E-state index contributed by atoms with van der Waals surface area (Å²) in [5.41, 5.74) is 0.372. The minimum atomic E-state index is -0.623. The van der Waals surface area contributed by atoms with Crippen LogP contribution in [0.3, 0.4) is 0 Å². The Bertz CT molecular complexity index is 1050. The second-order valence-corrected chi connectivity index (χ2v) is 7.66. The molecule has 8 nitrogen and oxygen atoms in total. The molecule has 2 saturated heterocycles. The van der Waals surface area contributed by atoms with E-state index in [1.807, 2.05) is 42.6 Å². The third-order valence-electron chi connectivity index (χ3n) is 5.82. The Hall–Kier alpha value is -3.39. The number of hydrogen-bond acceptors (Lipinski definition) is 5. The fraction of sp³-hybridized carbons (Fsp3) is 0.318. The van der Waals surface area contributed by atoms with Crippen LogP contribution in [0.1, 0.15) is 28.3 Å². The first kappa shape index (κ1) is 18.6. The largest absolute Gasteiger partial charge is 0.454 e. The summed E-state index contributed by atoms with van der Waals surface area (Å²) in [7, 11) is 0. The molecule has 4 heterocycles. The van der Waals surface area contributed by atoms with E-state index in [4.69, 9.17) is 9.15 Å². The maximum atomic E-state index is 13.1. The zero-order chi connectivity index (χ0) is 20.6. The van der Waals surface area contributed by atoms with Gasteiger partial charge in [0.1, 0.15) is 18.5 Å². The van der Waals surface area contributed by atoms with Crippen LogP contribution in [-0.4, -0.2) is 52.3 Å². The van der Waals surface area contributed by atoms with Gasteiger partial charge >= 0.3 is 0 Å². The molecule has 2 atom stereocenters. The third-order valence-corrected chi connectivity index (χ3v) is 5.82. The summed E-state index contributed by atoms with van der Waals surface area (Å²) in [6.07, 6.45) is 3.78. The van der Waals surface area contributed by atoms with E-state index >= 15 is 0 Å². The number of ether oxygens (including phenoxy) is 1. The molecule has 0 spiro atoms. The first-order chi connectivity index (χ1) is 14.6. The lowest BCUT2D eigenvalue weighted by Gasteiger charge is -2.50. The van der Waals surface area contributed by atoms with Crippen LogP contribution in [0.5, 0.6) is 0 Å². The molecule has 0 bridgehead atoms. The lowest BCUT2D eigenvalue weighted by Crippen LogP contribution is -2.67. The number of nitrogens with zero attached hydrogens (tertiary/aromatic N) is 3. The molecule has 5 rings (SSSR count). The van der Waals surface area contributed by atoms with Gasteiger partial charge < -0.3 is 19.4 Å². The van der Waals surface area contributed by atoms with Crippen molar-refractivity contribution in [1.82, 2.24) is 20.0 Å². The fourth-order valence-electron chi connectivity index (χ4n) is 4.33. The van der Waals surface area contributed by atoms with E-state index in [1.54, 1.807) is 27.9 Å². The number of carbonyl (C=O) groups excluding carboxylic acids is 2. The average molecular weight is 406 g/mol. The van der Waals surface area contributed by atoms with Gasteiger partial charge in [0.05, 0.1) is 12.1 Å². The lowest BCUT2D eigenvalue weighted by molar-refractivity contribution is -0.150. The minimum absolute atomic E-state index is 0.00392. The Morgan fingerprint density at radius 2 is 2.07 bits per heavy atom. The fourth-order valence-corrected chi connectivity index (χ4v) is 4.33. The van der Waals surface area contributed by atoms with E-state index in [-0.39, 0.29) is 24.5 Å². The molecule has 30 heavy (non-hydrogen) atoms. The van der Waals surface area contributed by atoms with E-state index in [9.17, 15) is 9.59 Å². The quantitative estimate of drug-likeness (QED) is 0.713. The van der Waals surface area contributed by atoms with Crippen molar-refractivity contribution in [2.45, 2.75) is 24.6 Å². The highest BCUT2D eigenvalue weighted by Crippen LogP contribution is 2.37. The molecular formula is C22H22N4O4. The highest BCUT2D eigenvalue weighted by molar-refractivity contribution is 5.91. The number of morpholine rings is 1. The molecular weight excluding hydrogens is 384 g/mol. The molecule has 2 aromatic heterocycles. The van der Waals surface area contributed by atoms with Crippen LogP contribution in [0.2, 0.25) is 0 Å². The van der Waals surface area contributed by atoms with E-state index < -0.39 is 5.54 Å². The number of fused-ring (bicyclic) bond motifs is 1. The van der Waals surface area contributed by atoms with Crippen molar-refractivity contribution in [3.8, 4) is 0 Å². The molecule has 0 radical (unpaired) electrons. The standard InChI is InChI=1S/C22H22N4O4/c27-20-15-29-19-14-25(12-9-22(19,24-20)16-5-2-1-3-6-16)21(28)18-8-7-17(30-18)13-26-11-4-10-23-26/h1-8,10-11,19H,9,12-15H2,(H,24,27)/t19-,22+/m1/s1. The monoisotopic (exact) mass is 406 g/mol. The summed E-state index contributed by atoms with van der Waals surface area (Å²) in [6, 6.07) is 15.2. The van der Waals surface area contributed by atoms with Crippen molar-refractivity contribution >= 4 is 11.8 Å². The van der Waals surface area contributed by atoms with Crippen LogP contribution in [0.15, 0.2) is 65.3 Å². The molecule has 2 aliphatic rings. The summed E-state index contributed by atoms with van der Waals surface area (Å²) >= 11 is 0. The lowest BCUT2D eigenvalue weighted by atomic mass is 9.77. The van der Waals surface area contributed by atoms with Gasteiger partial charge in [0, 0.05) is 25.5 Å². The van der Waals surface area contributed by atoms with Gasteiger partial charge in [0.2, 0.25) is 5.91 Å². The zero-order valence-corrected chi connectivity index (χ0v) is 16.4.